The van der Waals surface area contributed by atoms with E-state index in [2.05, 4.69) is 20.4 Å². The minimum absolute atomic E-state index is 0.284. The number of unbranched alkanes of at least 4 members (excludes halogenated alkanes) is 30. The van der Waals surface area contributed by atoms with Gasteiger partial charge in [0, 0.05) is 6.61 Å². The quantitative estimate of drug-likeness (QED) is 0.0401. The molecule has 3 nitrogen and oxygen atoms in total. The van der Waals surface area contributed by atoms with Crippen LogP contribution in [0.2, 0.25) is 0 Å². The summed E-state index contributed by atoms with van der Waals surface area (Å²) in [5.41, 5.74) is 0.452. The van der Waals surface area contributed by atoms with Gasteiger partial charge in [-0.2, -0.15) is 0 Å². The fourth-order valence-electron chi connectivity index (χ4n) is 5.92. The first-order valence-electron chi connectivity index (χ1n) is 19.6. The molecule has 0 spiro atoms. The fraction of sp³-hybridized carbons (Fsp3) is 0.925. The molecule has 0 rings (SSSR count). The number of carbonyl (C=O) groups excluding carboxylic acids is 1. The van der Waals surface area contributed by atoms with Crippen LogP contribution < -0.4 is 0 Å². The summed E-state index contributed by atoms with van der Waals surface area (Å²) in [5, 5.41) is 0. The molecule has 0 aromatic rings. The number of hydrogen-bond donors (Lipinski definition) is 0. The summed E-state index contributed by atoms with van der Waals surface area (Å²) in [4.78, 5) is 12.1. The average molecular weight is 607 g/mol. The standard InChI is InChI=1S/C40H78O3/c1-4-6-8-10-12-14-16-18-20-22-24-26-28-30-32-34-36-42-38-39(3)40(41)43-37-35-33-31-29-27-25-23-21-19-17-15-13-11-9-7-5-2/h3-38H2,1-2H3. The van der Waals surface area contributed by atoms with E-state index in [-0.39, 0.29) is 5.97 Å². The van der Waals surface area contributed by atoms with Crippen molar-refractivity contribution in [2.24, 2.45) is 0 Å². The maximum Gasteiger partial charge on any atom is 0.335 e. The second kappa shape index (κ2) is 37.4. The normalized spacial score (nSPS) is 11.3. The number of rotatable bonds is 37. The van der Waals surface area contributed by atoms with Gasteiger partial charge in [0.15, 0.2) is 0 Å². The number of hydrogen-bond acceptors (Lipinski definition) is 3. The Bertz CT molecular complexity index is 558. The monoisotopic (exact) mass is 607 g/mol. The molecule has 0 heterocycles. The van der Waals surface area contributed by atoms with Gasteiger partial charge in [-0.05, 0) is 12.8 Å². The molecule has 0 aromatic carbocycles. The maximum absolute atomic E-state index is 12.1. The van der Waals surface area contributed by atoms with Crippen LogP contribution in [-0.4, -0.2) is 25.8 Å². The summed E-state index contributed by atoms with van der Waals surface area (Å²) < 4.78 is 11.1. The van der Waals surface area contributed by atoms with Gasteiger partial charge in [0.1, 0.15) is 0 Å². The molecule has 0 aromatic heterocycles. The molecule has 0 aliphatic rings. The Morgan fingerprint density at radius 1 is 0.395 bits per heavy atom. The summed E-state index contributed by atoms with van der Waals surface area (Å²) in [7, 11) is 0. The lowest BCUT2D eigenvalue weighted by Gasteiger charge is -2.08. The van der Waals surface area contributed by atoms with E-state index in [0.717, 1.165) is 19.3 Å². The van der Waals surface area contributed by atoms with Crippen molar-refractivity contribution >= 4 is 5.97 Å². The summed E-state index contributed by atoms with van der Waals surface area (Å²) in [5.74, 6) is -0.284. The van der Waals surface area contributed by atoms with Crippen LogP contribution in [0.1, 0.15) is 219 Å². The van der Waals surface area contributed by atoms with Crippen molar-refractivity contribution in [2.45, 2.75) is 219 Å². The molecule has 0 bridgehead atoms. The van der Waals surface area contributed by atoms with E-state index in [1.165, 1.54) is 186 Å². The summed E-state index contributed by atoms with van der Waals surface area (Å²) in [6.07, 6.45) is 43.5. The first-order valence-corrected chi connectivity index (χ1v) is 19.6. The zero-order valence-corrected chi connectivity index (χ0v) is 29.7. The van der Waals surface area contributed by atoms with Gasteiger partial charge in [-0.25, -0.2) is 4.79 Å². The average Bonchev–Trinajstić information content (AvgIpc) is 3.01. The van der Waals surface area contributed by atoms with Crippen LogP contribution in [0.5, 0.6) is 0 Å². The van der Waals surface area contributed by atoms with E-state index in [1.807, 2.05) is 0 Å². The summed E-state index contributed by atoms with van der Waals surface area (Å²) >= 11 is 0. The van der Waals surface area contributed by atoms with Gasteiger partial charge in [0.25, 0.3) is 0 Å². The van der Waals surface area contributed by atoms with E-state index in [1.54, 1.807) is 0 Å². The largest absolute Gasteiger partial charge is 0.462 e. The second-order valence-corrected chi connectivity index (χ2v) is 13.4. The molecule has 43 heavy (non-hydrogen) atoms. The van der Waals surface area contributed by atoms with Gasteiger partial charge >= 0.3 is 5.97 Å². The lowest BCUT2D eigenvalue weighted by atomic mass is 10.0. The Balaban J connectivity index is 3.26. The Kier molecular flexibility index (Phi) is 36.6. The fourth-order valence-corrected chi connectivity index (χ4v) is 5.92. The van der Waals surface area contributed by atoms with Crippen molar-refractivity contribution in [1.82, 2.24) is 0 Å². The molecule has 0 aliphatic heterocycles. The lowest BCUT2D eigenvalue weighted by molar-refractivity contribution is -0.139. The van der Waals surface area contributed by atoms with Crippen molar-refractivity contribution in [3.63, 3.8) is 0 Å². The van der Waals surface area contributed by atoms with Crippen LogP contribution >= 0.6 is 0 Å². The number of esters is 1. The lowest BCUT2D eigenvalue weighted by Crippen LogP contribution is -2.13. The third-order valence-electron chi connectivity index (χ3n) is 8.94. The molecule has 0 N–H and O–H groups in total. The van der Waals surface area contributed by atoms with Crippen molar-refractivity contribution < 1.29 is 14.3 Å². The van der Waals surface area contributed by atoms with Crippen LogP contribution in [-0.2, 0) is 14.3 Å². The van der Waals surface area contributed by atoms with Crippen LogP contribution in [0, 0.1) is 0 Å². The van der Waals surface area contributed by atoms with E-state index >= 15 is 0 Å². The molecule has 0 amide bonds. The highest BCUT2D eigenvalue weighted by molar-refractivity contribution is 5.87. The van der Waals surface area contributed by atoms with Crippen molar-refractivity contribution in [3.8, 4) is 0 Å². The van der Waals surface area contributed by atoms with Gasteiger partial charge in [-0.3, -0.25) is 0 Å². The topological polar surface area (TPSA) is 35.5 Å². The van der Waals surface area contributed by atoms with Crippen molar-refractivity contribution in [3.05, 3.63) is 12.2 Å². The third-order valence-corrected chi connectivity index (χ3v) is 8.94. The molecular formula is C40H78O3. The Labute approximate surface area is 271 Å². The molecule has 0 saturated heterocycles. The molecule has 0 aliphatic carbocycles. The van der Waals surface area contributed by atoms with Crippen molar-refractivity contribution in [2.75, 3.05) is 19.8 Å². The van der Waals surface area contributed by atoms with Gasteiger partial charge in [0.2, 0.25) is 0 Å². The van der Waals surface area contributed by atoms with Crippen LogP contribution in [0.3, 0.4) is 0 Å². The first kappa shape index (κ1) is 42.2. The minimum Gasteiger partial charge on any atom is -0.462 e. The van der Waals surface area contributed by atoms with E-state index < -0.39 is 0 Å². The number of ether oxygens (including phenoxy) is 2. The second-order valence-electron chi connectivity index (χ2n) is 13.4. The SMILES string of the molecule is C=C(COCCCCCCCCCCCCCCCCCC)C(=O)OCCCCCCCCCCCCCCCCCC. The molecular weight excluding hydrogens is 528 g/mol. The molecule has 0 atom stereocenters. The zero-order chi connectivity index (χ0) is 31.3. The molecule has 0 unspecified atom stereocenters. The molecule has 0 radical (unpaired) electrons. The highest BCUT2D eigenvalue weighted by Gasteiger charge is 2.08. The van der Waals surface area contributed by atoms with E-state index in [4.69, 9.17) is 9.47 Å². The zero-order valence-electron chi connectivity index (χ0n) is 29.7. The Morgan fingerprint density at radius 2 is 0.651 bits per heavy atom. The Hall–Kier alpha value is -0.830. The predicted octanol–water partition coefficient (Wildman–Crippen LogP) is 13.6. The minimum atomic E-state index is -0.284. The highest BCUT2D eigenvalue weighted by atomic mass is 16.5. The predicted molar refractivity (Wildman–Crippen MR) is 190 cm³/mol. The Morgan fingerprint density at radius 3 is 0.953 bits per heavy atom. The van der Waals surface area contributed by atoms with Gasteiger partial charge in [-0.15, -0.1) is 0 Å². The molecule has 256 valence electrons. The van der Waals surface area contributed by atoms with E-state index in [9.17, 15) is 4.79 Å². The van der Waals surface area contributed by atoms with Gasteiger partial charge in [0.05, 0.1) is 18.8 Å². The molecule has 0 saturated carbocycles. The molecule has 3 heteroatoms. The van der Waals surface area contributed by atoms with Gasteiger partial charge < -0.3 is 9.47 Å². The summed E-state index contributed by atoms with van der Waals surface area (Å²) in [6.45, 7) is 9.96. The highest BCUT2D eigenvalue weighted by Crippen LogP contribution is 2.15. The third kappa shape index (κ3) is 35.5. The number of carbonyl (C=O) groups is 1. The first-order chi connectivity index (χ1) is 21.2. The van der Waals surface area contributed by atoms with Gasteiger partial charge in [-0.1, -0.05) is 213 Å². The van der Waals surface area contributed by atoms with E-state index in [0.29, 0.717) is 25.4 Å². The smallest absolute Gasteiger partial charge is 0.335 e. The molecule has 0 fully saturated rings. The van der Waals surface area contributed by atoms with Crippen LogP contribution in [0.15, 0.2) is 12.2 Å². The van der Waals surface area contributed by atoms with Crippen LogP contribution in [0.4, 0.5) is 0 Å². The maximum atomic E-state index is 12.1. The van der Waals surface area contributed by atoms with Crippen molar-refractivity contribution in [1.29, 1.82) is 0 Å². The summed E-state index contributed by atoms with van der Waals surface area (Å²) in [6, 6.07) is 0. The van der Waals surface area contributed by atoms with Crippen LogP contribution in [0.25, 0.3) is 0 Å².